The Balaban J connectivity index is 1.73. The molecule has 2 heterocycles. The van der Waals surface area contributed by atoms with Crippen molar-refractivity contribution in [2.45, 2.75) is 20.8 Å². The van der Waals surface area contributed by atoms with Gasteiger partial charge < -0.3 is 15.2 Å². The Morgan fingerprint density at radius 1 is 1.19 bits per heavy atom. The fourth-order valence-electron chi connectivity index (χ4n) is 2.97. The summed E-state index contributed by atoms with van der Waals surface area (Å²) in [4.78, 5) is 37.8. The van der Waals surface area contributed by atoms with Gasteiger partial charge in [-0.1, -0.05) is 12.1 Å². The van der Waals surface area contributed by atoms with Gasteiger partial charge in [0.1, 0.15) is 12.2 Å². The lowest BCUT2D eigenvalue weighted by molar-refractivity contribution is -0.127. The molecule has 0 aliphatic carbocycles. The summed E-state index contributed by atoms with van der Waals surface area (Å²) in [6.07, 6.45) is 1.64. The van der Waals surface area contributed by atoms with Gasteiger partial charge in [-0.15, -0.1) is 0 Å². The third kappa shape index (κ3) is 3.76. The monoisotopic (exact) mass is 366 g/mol. The Morgan fingerprint density at radius 2 is 1.93 bits per heavy atom. The predicted molar refractivity (Wildman–Crippen MR) is 103 cm³/mol. The minimum atomic E-state index is -0.601. The molecule has 4 amide bonds. The van der Waals surface area contributed by atoms with Crippen LogP contribution >= 0.6 is 0 Å². The molecule has 140 valence electrons. The second kappa shape index (κ2) is 7.11. The highest BCUT2D eigenvalue weighted by molar-refractivity contribution is 6.16. The summed E-state index contributed by atoms with van der Waals surface area (Å²) in [7, 11) is 1.93. The summed E-state index contributed by atoms with van der Waals surface area (Å²) in [5, 5.41) is 5.25. The fourth-order valence-corrected chi connectivity index (χ4v) is 2.97. The molecule has 0 spiro atoms. The van der Waals surface area contributed by atoms with Crippen LogP contribution < -0.4 is 10.6 Å². The van der Waals surface area contributed by atoms with Crippen molar-refractivity contribution in [1.82, 2.24) is 14.8 Å². The first kappa shape index (κ1) is 18.4. The van der Waals surface area contributed by atoms with Crippen LogP contribution in [0, 0.1) is 20.8 Å². The third-order valence-electron chi connectivity index (χ3n) is 4.68. The number of carbonyl (C=O) groups excluding carboxylic acids is 3. The van der Waals surface area contributed by atoms with Crippen LogP contribution in [0.3, 0.4) is 0 Å². The molecule has 1 aliphatic rings. The van der Waals surface area contributed by atoms with Gasteiger partial charge in [0.15, 0.2) is 0 Å². The minimum absolute atomic E-state index is 0.164. The van der Waals surface area contributed by atoms with E-state index in [1.165, 1.54) is 0 Å². The average Bonchev–Trinajstić information content (AvgIpc) is 3.00. The number of nitrogens with zero attached hydrogens (tertiary/aromatic N) is 2. The summed E-state index contributed by atoms with van der Waals surface area (Å²) in [5.41, 5.74) is 4.67. The van der Waals surface area contributed by atoms with E-state index >= 15 is 0 Å². The maximum absolute atomic E-state index is 12.6. The molecule has 0 bridgehead atoms. The number of aromatic nitrogens is 1. The summed E-state index contributed by atoms with van der Waals surface area (Å²) in [6, 6.07) is 8.64. The van der Waals surface area contributed by atoms with Gasteiger partial charge in [0.2, 0.25) is 5.91 Å². The lowest BCUT2D eigenvalue weighted by atomic mass is 10.2. The van der Waals surface area contributed by atoms with E-state index in [4.69, 9.17) is 0 Å². The van der Waals surface area contributed by atoms with E-state index in [1.54, 1.807) is 12.1 Å². The number of anilines is 1. The van der Waals surface area contributed by atoms with E-state index < -0.39 is 17.8 Å². The highest BCUT2D eigenvalue weighted by Gasteiger charge is 2.35. The Kier molecular flexibility index (Phi) is 4.85. The van der Waals surface area contributed by atoms with Crippen molar-refractivity contribution >= 4 is 29.6 Å². The van der Waals surface area contributed by atoms with Crippen LogP contribution in [0.5, 0.6) is 0 Å². The van der Waals surface area contributed by atoms with Crippen LogP contribution in [-0.2, 0) is 16.6 Å². The number of urea groups is 1. The zero-order chi connectivity index (χ0) is 19.7. The quantitative estimate of drug-likeness (QED) is 0.644. The molecular formula is C20H22N4O3. The van der Waals surface area contributed by atoms with Crippen molar-refractivity contribution in [2.75, 3.05) is 11.9 Å². The number of benzene rings is 1. The number of amides is 4. The Bertz CT molecular complexity index is 972. The van der Waals surface area contributed by atoms with E-state index in [1.807, 2.05) is 56.7 Å². The van der Waals surface area contributed by atoms with Crippen LogP contribution in [0.4, 0.5) is 10.5 Å². The SMILES string of the molecule is Cc1cccc(NC(=O)CN2C(=O)NC(=Cc3cc(C)n(C)c3C)C2=O)c1. The number of carbonyl (C=O) groups is 3. The first-order valence-corrected chi connectivity index (χ1v) is 8.60. The fraction of sp³-hybridized carbons (Fsp3) is 0.250. The zero-order valence-corrected chi connectivity index (χ0v) is 15.8. The molecule has 1 saturated heterocycles. The molecule has 0 unspecified atom stereocenters. The summed E-state index contributed by atoms with van der Waals surface area (Å²) < 4.78 is 2.00. The zero-order valence-electron chi connectivity index (χ0n) is 15.8. The number of aryl methyl sites for hydroxylation is 2. The maximum Gasteiger partial charge on any atom is 0.329 e. The summed E-state index contributed by atoms with van der Waals surface area (Å²) in [5.74, 6) is -0.947. The molecule has 0 saturated carbocycles. The van der Waals surface area contributed by atoms with E-state index in [0.29, 0.717) is 5.69 Å². The van der Waals surface area contributed by atoms with Crippen LogP contribution in [0.1, 0.15) is 22.5 Å². The molecule has 2 N–H and O–H groups in total. The van der Waals surface area contributed by atoms with Crippen molar-refractivity contribution in [2.24, 2.45) is 7.05 Å². The van der Waals surface area contributed by atoms with Gasteiger partial charge in [0.05, 0.1) is 0 Å². The van der Waals surface area contributed by atoms with Crippen LogP contribution in [0.2, 0.25) is 0 Å². The van der Waals surface area contributed by atoms with E-state index in [2.05, 4.69) is 10.6 Å². The van der Waals surface area contributed by atoms with Gasteiger partial charge in [-0.3, -0.25) is 9.59 Å². The molecule has 27 heavy (non-hydrogen) atoms. The lowest BCUT2D eigenvalue weighted by Crippen LogP contribution is -2.38. The topological polar surface area (TPSA) is 83.4 Å². The van der Waals surface area contributed by atoms with Crippen molar-refractivity contribution in [3.8, 4) is 0 Å². The van der Waals surface area contributed by atoms with E-state index in [9.17, 15) is 14.4 Å². The first-order valence-electron chi connectivity index (χ1n) is 8.60. The minimum Gasteiger partial charge on any atom is -0.352 e. The van der Waals surface area contributed by atoms with Gasteiger partial charge in [-0.25, -0.2) is 9.69 Å². The number of rotatable bonds is 4. The second-order valence-electron chi connectivity index (χ2n) is 6.68. The van der Waals surface area contributed by atoms with Crippen molar-refractivity contribution in [3.05, 3.63) is 58.5 Å². The van der Waals surface area contributed by atoms with Crippen molar-refractivity contribution in [1.29, 1.82) is 0 Å². The Morgan fingerprint density at radius 3 is 2.56 bits per heavy atom. The van der Waals surface area contributed by atoms with E-state index in [0.717, 1.165) is 27.4 Å². The highest BCUT2D eigenvalue weighted by Crippen LogP contribution is 2.19. The third-order valence-corrected chi connectivity index (χ3v) is 4.68. The molecule has 2 aromatic rings. The van der Waals surface area contributed by atoms with Gasteiger partial charge in [-0.2, -0.15) is 0 Å². The second-order valence-corrected chi connectivity index (χ2v) is 6.68. The molecule has 7 heteroatoms. The average molecular weight is 366 g/mol. The molecule has 7 nitrogen and oxygen atoms in total. The molecule has 3 rings (SSSR count). The number of hydrogen-bond donors (Lipinski definition) is 2. The molecule has 0 atom stereocenters. The van der Waals surface area contributed by atoms with Crippen molar-refractivity contribution < 1.29 is 14.4 Å². The van der Waals surface area contributed by atoms with Gasteiger partial charge in [0.25, 0.3) is 5.91 Å². The van der Waals surface area contributed by atoms with Crippen LogP contribution in [-0.4, -0.2) is 33.9 Å². The van der Waals surface area contributed by atoms with Crippen LogP contribution in [0.25, 0.3) is 6.08 Å². The number of hydrogen-bond acceptors (Lipinski definition) is 3. The first-order chi connectivity index (χ1) is 12.8. The van der Waals surface area contributed by atoms with Gasteiger partial charge >= 0.3 is 6.03 Å². The van der Waals surface area contributed by atoms with Gasteiger partial charge in [-0.05, 0) is 56.2 Å². The summed E-state index contributed by atoms with van der Waals surface area (Å²) >= 11 is 0. The molecule has 1 aromatic heterocycles. The predicted octanol–water partition coefficient (Wildman–Crippen LogP) is 2.48. The Hall–Kier alpha value is -3.35. The smallest absolute Gasteiger partial charge is 0.329 e. The van der Waals surface area contributed by atoms with E-state index in [-0.39, 0.29) is 12.2 Å². The summed E-state index contributed by atoms with van der Waals surface area (Å²) in [6.45, 7) is 5.47. The lowest BCUT2D eigenvalue weighted by Gasteiger charge is -2.12. The molecular weight excluding hydrogens is 344 g/mol. The number of nitrogens with one attached hydrogen (secondary N) is 2. The van der Waals surface area contributed by atoms with Crippen molar-refractivity contribution in [3.63, 3.8) is 0 Å². The largest absolute Gasteiger partial charge is 0.352 e. The highest BCUT2D eigenvalue weighted by atomic mass is 16.2. The maximum atomic E-state index is 12.6. The standard InChI is InChI=1S/C20H22N4O3/c1-12-6-5-7-16(8-12)21-18(25)11-24-19(26)17(22-20(24)27)10-15-9-13(2)23(4)14(15)3/h5-10H,11H2,1-4H3,(H,21,25)(H,22,27). The van der Waals surface area contributed by atoms with Crippen LogP contribution in [0.15, 0.2) is 36.0 Å². The normalized spacial score (nSPS) is 15.4. The molecule has 1 aromatic carbocycles. The molecule has 1 aliphatic heterocycles. The molecule has 1 fully saturated rings. The van der Waals surface area contributed by atoms with Gasteiger partial charge in [0, 0.05) is 24.1 Å². The Labute approximate surface area is 157 Å². The molecule has 0 radical (unpaired) electrons. The number of imide groups is 1.